The van der Waals surface area contributed by atoms with Crippen molar-refractivity contribution in [3.05, 3.63) is 36.2 Å². The van der Waals surface area contributed by atoms with Crippen LogP contribution in [-0.4, -0.2) is 50.8 Å². The molecule has 2 aromatic rings. The number of nitrogens with zero attached hydrogens (tertiary/aromatic N) is 5. The van der Waals surface area contributed by atoms with Crippen LogP contribution in [0, 0.1) is 6.92 Å². The molecule has 24 heavy (non-hydrogen) atoms. The molecule has 0 fully saturated rings. The van der Waals surface area contributed by atoms with Crippen LogP contribution < -0.4 is 10.6 Å². The number of carbonyl (C=O) groups excluding carboxylic acids is 1. The zero-order chi connectivity index (χ0) is 17.5. The van der Waals surface area contributed by atoms with Crippen molar-refractivity contribution in [1.29, 1.82) is 0 Å². The van der Waals surface area contributed by atoms with Crippen molar-refractivity contribution in [3.8, 4) is 0 Å². The van der Waals surface area contributed by atoms with Gasteiger partial charge in [0.15, 0.2) is 5.82 Å². The average Bonchev–Trinajstić information content (AvgIpc) is 3.01. The number of anilines is 1. The first-order chi connectivity index (χ1) is 11.5. The van der Waals surface area contributed by atoms with E-state index in [1.54, 1.807) is 30.7 Å². The van der Waals surface area contributed by atoms with Crippen LogP contribution in [0.25, 0.3) is 0 Å². The molecule has 0 spiro atoms. The van der Waals surface area contributed by atoms with Crippen LogP contribution >= 0.6 is 0 Å². The van der Waals surface area contributed by atoms with Gasteiger partial charge in [-0.1, -0.05) is 0 Å². The fourth-order valence-electron chi connectivity index (χ4n) is 2.27. The zero-order valence-corrected chi connectivity index (χ0v) is 14.7. The standard InChI is InChI=1S/C16H25N7O/c1-12(2)23-11-20-21-15(23)10-22(4)16(24)19-8-7-18-14-5-6-17-9-13(14)3/h5-6,9,11-12H,7-8,10H2,1-4H3,(H,17,18)(H,19,24). The highest BCUT2D eigenvalue weighted by Gasteiger charge is 2.13. The highest BCUT2D eigenvalue weighted by molar-refractivity contribution is 5.73. The molecule has 0 saturated carbocycles. The fourth-order valence-corrected chi connectivity index (χ4v) is 2.27. The maximum Gasteiger partial charge on any atom is 0.317 e. The van der Waals surface area contributed by atoms with Gasteiger partial charge in [-0.15, -0.1) is 10.2 Å². The van der Waals surface area contributed by atoms with E-state index in [1.807, 2.05) is 17.6 Å². The number of urea groups is 1. The number of nitrogens with one attached hydrogen (secondary N) is 2. The Labute approximate surface area is 142 Å². The first-order valence-corrected chi connectivity index (χ1v) is 8.01. The van der Waals surface area contributed by atoms with Crippen LogP contribution in [0.2, 0.25) is 0 Å². The normalized spacial score (nSPS) is 10.7. The summed E-state index contributed by atoms with van der Waals surface area (Å²) < 4.78 is 1.96. The molecule has 0 bridgehead atoms. The van der Waals surface area contributed by atoms with E-state index in [0.29, 0.717) is 19.6 Å². The van der Waals surface area contributed by atoms with Gasteiger partial charge in [-0.25, -0.2) is 4.79 Å². The number of hydrogen-bond acceptors (Lipinski definition) is 5. The largest absolute Gasteiger partial charge is 0.383 e. The molecule has 0 atom stereocenters. The van der Waals surface area contributed by atoms with Crippen LogP contribution in [0.4, 0.5) is 10.5 Å². The van der Waals surface area contributed by atoms with E-state index in [4.69, 9.17) is 0 Å². The highest BCUT2D eigenvalue weighted by atomic mass is 16.2. The molecular formula is C16H25N7O. The van der Waals surface area contributed by atoms with Crippen molar-refractivity contribution in [2.75, 3.05) is 25.5 Å². The van der Waals surface area contributed by atoms with Crippen molar-refractivity contribution in [2.45, 2.75) is 33.4 Å². The van der Waals surface area contributed by atoms with E-state index in [2.05, 4.69) is 39.7 Å². The third-order valence-corrected chi connectivity index (χ3v) is 3.67. The zero-order valence-electron chi connectivity index (χ0n) is 14.7. The molecule has 0 aliphatic heterocycles. The second-order valence-corrected chi connectivity index (χ2v) is 5.95. The van der Waals surface area contributed by atoms with Crippen molar-refractivity contribution < 1.29 is 4.79 Å². The quantitative estimate of drug-likeness (QED) is 0.756. The minimum atomic E-state index is -0.137. The van der Waals surface area contributed by atoms with Crippen LogP contribution in [0.1, 0.15) is 31.3 Å². The number of carbonyl (C=O) groups is 1. The summed E-state index contributed by atoms with van der Waals surface area (Å²) in [5.74, 6) is 0.771. The minimum absolute atomic E-state index is 0.137. The molecule has 2 rings (SSSR count). The van der Waals surface area contributed by atoms with Gasteiger partial charge in [0.05, 0.1) is 6.54 Å². The van der Waals surface area contributed by atoms with Gasteiger partial charge in [-0.2, -0.15) is 0 Å². The van der Waals surface area contributed by atoms with Gasteiger partial charge < -0.3 is 20.1 Å². The van der Waals surface area contributed by atoms with E-state index in [1.165, 1.54) is 0 Å². The Morgan fingerprint density at radius 2 is 2.17 bits per heavy atom. The molecule has 0 unspecified atom stereocenters. The average molecular weight is 331 g/mol. The van der Waals surface area contributed by atoms with Gasteiger partial charge in [0, 0.05) is 44.3 Å². The number of aromatic nitrogens is 4. The van der Waals surface area contributed by atoms with E-state index >= 15 is 0 Å². The molecule has 2 N–H and O–H groups in total. The van der Waals surface area contributed by atoms with Gasteiger partial charge in [-0.05, 0) is 32.4 Å². The maximum atomic E-state index is 12.1. The number of aryl methyl sites for hydroxylation is 1. The van der Waals surface area contributed by atoms with E-state index in [9.17, 15) is 4.79 Å². The number of rotatable bonds is 7. The van der Waals surface area contributed by atoms with Crippen LogP contribution in [0.5, 0.6) is 0 Å². The smallest absolute Gasteiger partial charge is 0.317 e. The van der Waals surface area contributed by atoms with Gasteiger partial charge in [0.1, 0.15) is 6.33 Å². The van der Waals surface area contributed by atoms with E-state index < -0.39 is 0 Å². The molecule has 0 radical (unpaired) electrons. The van der Waals surface area contributed by atoms with E-state index in [-0.39, 0.29) is 12.1 Å². The molecule has 2 amide bonds. The molecule has 2 heterocycles. The second-order valence-electron chi connectivity index (χ2n) is 5.95. The summed E-state index contributed by atoms with van der Waals surface area (Å²) in [6.07, 6.45) is 5.23. The first-order valence-electron chi connectivity index (χ1n) is 8.01. The second kappa shape index (κ2) is 8.28. The number of hydrogen-bond donors (Lipinski definition) is 2. The molecule has 130 valence electrons. The molecule has 8 heteroatoms. The number of pyridine rings is 1. The Morgan fingerprint density at radius 3 is 2.88 bits per heavy atom. The Hall–Kier alpha value is -2.64. The topological polar surface area (TPSA) is 88.0 Å². The fraction of sp³-hybridized carbons (Fsp3) is 0.500. The highest BCUT2D eigenvalue weighted by Crippen LogP contribution is 2.10. The lowest BCUT2D eigenvalue weighted by atomic mass is 10.2. The SMILES string of the molecule is Cc1cnccc1NCCNC(=O)N(C)Cc1nncn1C(C)C. The Morgan fingerprint density at radius 1 is 1.38 bits per heavy atom. The molecular weight excluding hydrogens is 306 g/mol. The van der Waals surface area contributed by atoms with Crippen LogP contribution in [0.15, 0.2) is 24.8 Å². The molecule has 2 aromatic heterocycles. The lowest BCUT2D eigenvalue weighted by molar-refractivity contribution is 0.205. The first kappa shape index (κ1) is 17.7. The maximum absolute atomic E-state index is 12.1. The molecule has 0 aliphatic carbocycles. The van der Waals surface area contributed by atoms with Crippen molar-refractivity contribution >= 4 is 11.7 Å². The lowest BCUT2D eigenvalue weighted by Crippen LogP contribution is -2.39. The molecule has 0 aliphatic rings. The van der Waals surface area contributed by atoms with Crippen molar-refractivity contribution in [2.24, 2.45) is 0 Å². The lowest BCUT2D eigenvalue weighted by Gasteiger charge is -2.19. The number of amides is 2. The summed E-state index contributed by atoms with van der Waals surface area (Å²) in [5.41, 5.74) is 2.10. The predicted octanol–water partition coefficient (Wildman–Crippen LogP) is 1.82. The van der Waals surface area contributed by atoms with Gasteiger partial charge in [0.25, 0.3) is 0 Å². The predicted molar refractivity (Wildman–Crippen MR) is 92.7 cm³/mol. The summed E-state index contributed by atoms with van der Waals surface area (Å²) in [6, 6.07) is 2.04. The minimum Gasteiger partial charge on any atom is -0.383 e. The Balaban J connectivity index is 1.76. The molecule has 8 nitrogen and oxygen atoms in total. The van der Waals surface area contributed by atoms with E-state index in [0.717, 1.165) is 17.1 Å². The summed E-state index contributed by atoms with van der Waals surface area (Å²) in [7, 11) is 1.75. The molecule has 0 aromatic carbocycles. The monoisotopic (exact) mass is 331 g/mol. The van der Waals surface area contributed by atoms with Gasteiger partial charge in [-0.3, -0.25) is 4.98 Å². The third-order valence-electron chi connectivity index (χ3n) is 3.67. The van der Waals surface area contributed by atoms with Crippen LogP contribution in [0.3, 0.4) is 0 Å². The van der Waals surface area contributed by atoms with Gasteiger partial charge in [0.2, 0.25) is 0 Å². The summed E-state index contributed by atoms with van der Waals surface area (Å²) >= 11 is 0. The Bertz CT molecular complexity index is 668. The van der Waals surface area contributed by atoms with Crippen LogP contribution in [-0.2, 0) is 6.54 Å². The summed E-state index contributed by atoms with van der Waals surface area (Å²) in [6.45, 7) is 7.70. The molecule has 0 saturated heterocycles. The summed E-state index contributed by atoms with van der Waals surface area (Å²) in [4.78, 5) is 17.8. The van der Waals surface area contributed by atoms with Crippen molar-refractivity contribution in [1.82, 2.24) is 30.0 Å². The van der Waals surface area contributed by atoms with Crippen molar-refractivity contribution in [3.63, 3.8) is 0 Å². The third kappa shape index (κ3) is 4.68. The Kier molecular flexibility index (Phi) is 6.11. The summed E-state index contributed by atoms with van der Waals surface area (Å²) in [5, 5.41) is 14.2. The van der Waals surface area contributed by atoms with Gasteiger partial charge >= 0.3 is 6.03 Å².